The van der Waals surface area contributed by atoms with Crippen molar-refractivity contribution in [3.05, 3.63) is 11.6 Å². The largest absolute Gasteiger partial charge is 0.328 e. The van der Waals surface area contributed by atoms with E-state index in [2.05, 4.69) is 14.8 Å². The lowest BCUT2D eigenvalue weighted by Gasteiger charge is -2.30. The first-order valence-electron chi connectivity index (χ1n) is 9.78. The number of aromatic nitrogens is 3. The Morgan fingerprint density at radius 3 is 2.80 bits per heavy atom. The molecule has 3 atom stereocenters. The van der Waals surface area contributed by atoms with E-state index in [0.29, 0.717) is 5.92 Å². The molecule has 3 aliphatic heterocycles. The molecule has 1 aliphatic carbocycles. The average molecular weight is 343 g/mol. The summed E-state index contributed by atoms with van der Waals surface area (Å²) in [6, 6.07) is -0.0572. The van der Waals surface area contributed by atoms with Crippen molar-refractivity contribution in [2.75, 3.05) is 0 Å². The molecule has 1 saturated carbocycles. The van der Waals surface area contributed by atoms with Crippen molar-refractivity contribution in [3.63, 3.8) is 0 Å². The molecule has 3 amide bonds. The molecule has 1 aromatic heterocycles. The molecule has 5 rings (SSSR count). The second kappa shape index (κ2) is 5.81. The number of rotatable bonds is 2. The highest BCUT2D eigenvalue weighted by molar-refractivity contribution is 6.04. The Morgan fingerprint density at radius 2 is 1.88 bits per heavy atom. The summed E-state index contributed by atoms with van der Waals surface area (Å²) in [6.07, 6.45) is 9.85. The van der Waals surface area contributed by atoms with Gasteiger partial charge in [0.2, 0.25) is 0 Å². The first-order valence-corrected chi connectivity index (χ1v) is 9.78. The van der Waals surface area contributed by atoms with Gasteiger partial charge in [-0.1, -0.05) is 19.3 Å². The van der Waals surface area contributed by atoms with Gasteiger partial charge in [-0.2, -0.15) is 0 Å². The fourth-order valence-electron chi connectivity index (χ4n) is 5.32. The number of amides is 3. The quantitative estimate of drug-likeness (QED) is 0.771. The predicted octanol–water partition coefficient (Wildman–Crippen LogP) is 2.10. The predicted molar refractivity (Wildman–Crippen MR) is 89.5 cm³/mol. The summed E-state index contributed by atoms with van der Waals surface area (Å²) < 4.78 is 2.13. The van der Waals surface area contributed by atoms with E-state index in [1.165, 1.54) is 24.2 Å². The topological polar surface area (TPSA) is 71.3 Å². The van der Waals surface area contributed by atoms with Crippen LogP contribution in [0.15, 0.2) is 0 Å². The zero-order valence-electron chi connectivity index (χ0n) is 14.6. The van der Waals surface area contributed by atoms with Crippen LogP contribution in [0.5, 0.6) is 0 Å². The highest BCUT2D eigenvalue weighted by Gasteiger charge is 2.55. The lowest BCUT2D eigenvalue weighted by Crippen LogP contribution is -2.41. The maximum Gasteiger partial charge on any atom is 0.328 e. The van der Waals surface area contributed by atoms with Crippen molar-refractivity contribution in [3.8, 4) is 0 Å². The Kier molecular flexibility index (Phi) is 3.57. The summed E-state index contributed by atoms with van der Waals surface area (Å²) in [7, 11) is 0. The fourth-order valence-corrected chi connectivity index (χ4v) is 5.32. The first kappa shape index (κ1) is 15.3. The lowest BCUT2D eigenvalue weighted by atomic mass is 9.84. The number of fused-ring (bicyclic) bond motifs is 4. The summed E-state index contributed by atoms with van der Waals surface area (Å²) in [5.41, 5.74) is 0. The highest BCUT2D eigenvalue weighted by Crippen LogP contribution is 2.43. The third-order valence-corrected chi connectivity index (χ3v) is 6.58. The first-order chi connectivity index (χ1) is 12.2. The maximum atomic E-state index is 13.0. The number of urea groups is 1. The van der Waals surface area contributed by atoms with Gasteiger partial charge in [0.1, 0.15) is 11.9 Å². The van der Waals surface area contributed by atoms with E-state index in [4.69, 9.17) is 0 Å². The second-order valence-electron chi connectivity index (χ2n) is 7.97. The number of aryl methyl sites for hydroxylation is 1. The van der Waals surface area contributed by atoms with Crippen LogP contribution in [0.1, 0.15) is 63.0 Å². The summed E-state index contributed by atoms with van der Waals surface area (Å²) in [4.78, 5) is 29.2. The Hall–Kier alpha value is -1.92. The molecule has 0 spiro atoms. The number of hydrogen-bond acceptors (Lipinski definition) is 4. The third-order valence-electron chi connectivity index (χ3n) is 6.58. The van der Waals surface area contributed by atoms with Gasteiger partial charge in [-0.15, -0.1) is 10.2 Å². The van der Waals surface area contributed by atoms with Gasteiger partial charge in [-0.25, -0.2) is 4.79 Å². The molecule has 25 heavy (non-hydrogen) atoms. The Balaban J connectivity index is 1.38. The van der Waals surface area contributed by atoms with E-state index in [1.807, 2.05) is 4.90 Å². The number of carbonyl (C=O) groups excluding carboxylic acids is 2. The van der Waals surface area contributed by atoms with Crippen LogP contribution < -0.4 is 0 Å². The molecule has 0 radical (unpaired) electrons. The number of nitrogens with zero attached hydrogens (tertiary/aromatic N) is 5. The van der Waals surface area contributed by atoms with Crippen LogP contribution in [-0.2, 0) is 24.3 Å². The van der Waals surface area contributed by atoms with Gasteiger partial charge in [0.15, 0.2) is 5.82 Å². The Bertz CT molecular complexity index is 714. The molecule has 0 unspecified atom stereocenters. The molecular weight excluding hydrogens is 318 g/mol. The fraction of sp³-hybridized carbons (Fsp3) is 0.778. The van der Waals surface area contributed by atoms with Gasteiger partial charge in [0, 0.05) is 19.0 Å². The van der Waals surface area contributed by atoms with Crippen molar-refractivity contribution in [1.29, 1.82) is 0 Å². The number of carbonyl (C=O) groups is 2. The molecule has 3 fully saturated rings. The zero-order chi connectivity index (χ0) is 17.0. The molecule has 0 aromatic carbocycles. The van der Waals surface area contributed by atoms with E-state index < -0.39 is 0 Å². The van der Waals surface area contributed by atoms with Gasteiger partial charge < -0.3 is 9.47 Å². The van der Waals surface area contributed by atoms with Crippen LogP contribution in [0.3, 0.4) is 0 Å². The minimum atomic E-state index is -0.230. The van der Waals surface area contributed by atoms with Crippen LogP contribution in [0.25, 0.3) is 0 Å². The molecule has 4 aliphatic rings. The molecular formula is C18H25N5O2. The minimum Gasteiger partial charge on any atom is -0.313 e. The summed E-state index contributed by atoms with van der Waals surface area (Å²) >= 11 is 0. The van der Waals surface area contributed by atoms with Crippen LogP contribution in [0, 0.1) is 5.92 Å². The number of imide groups is 1. The monoisotopic (exact) mass is 343 g/mol. The molecule has 134 valence electrons. The normalized spacial score (nSPS) is 31.8. The standard InChI is InChI=1S/C18H25N5O2/c24-17-14-10-12-6-3-4-7-13(12)23(14)18(25)22(17)11-16-20-19-15-8-2-1-5-9-21(15)16/h12-14H,1-11H2/t12-,13-,14+/m1/s1. The van der Waals surface area contributed by atoms with Crippen molar-refractivity contribution in [2.45, 2.75) is 83.0 Å². The SMILES string of the molecule is O=C1[C@@H]2C[C@H]3CCCC[C@H]3N2C(=O)N1Cc1nnc2n1CCCCC2. The van der Waals surface area contributed by atoms with E-state index >= 15 is 0 Å². The van der Waals surface area contributed by atoms with Gasteiger partial charge in [0.05, 0.1) is 6.54 Å². The maximum absolute atomic E-state index is 13.0. The number of hydrogen-bond donors (Lipinski definition) is 0. The molecule has 7 heteroatoms. The summed E-state index contributed by atoms with van der Waals surface area (Å²) in [5, 5.41) is 8.59. The van der Waals surface area contributed by atoms with Crippen LogP contribution in [-0.4, -0.2) is 48.6 Å². The van der Waals surface area contributed by atoms with E-state index in [1.54, 1.807) is 0 Å². The molecule has 7 nitrogen and oxygen atoms in total. The molecule has 4 heterocycles. The van der Waals surface area contributed by atoms with Crippen molar-refractivity contribution >= 4 is 11.9 Å². The van der Waals surface area contributed by atoms with E-state index in [9.17, 15) is 9.59 Å². The summed E-state index contributed by atoms with van der Waals surface area (Å²) in [6.45, 7) is 1.17. The van der Waals surface area contributed by atoms with Crippen LogP contribution in [0.2, 0.25) is 0 Å². The second-order valence-corrected chi connectivity index (χ2v) is 7.97. The Morgan fingerprint density at radius 1 is 1.00 bits per heavy atom. The molecule has 0 bridgehead atoms. The zero-order valence-corrected chi connectivity index (χ0v) is 14.6. The van der Waals surface area contributed by atoms with Crippen LogP contribution >= 0.6 is 0 Å². The van der Waals surface area contributed by atoms with Gasteiger partial charge >= 0.3 is 6.03 Å². The minimum absolute atomic E-state index is 0.0228. The van der Waals surface area contributed by atoms with Crippen molar-refractivity contribution in [2.24, 2.45) is 5.92 Å². The van der Waals surface area contributed by atoms with Gasteiger partial charge in [-0.3, -0.25) is 9.69 Å². The average Bonchev–Trinajstić information content (AvgIpc) is 3.19. The summed E-state index contributed by atoms with van der Waals surface area (Å²) in [5.74, 6) is 2.27. The van der Waals surface area contributed by atoms with Gasteiger partial charge in [-0.05, 0) is 38.0 Å². The van der Waals surface area contributed by atoms with Crippen LogP contribution in [0.4, 0.5) is 4.79 Å². The van der Waals surface area contributed by atoms with E-state index in [0.717, 1.165) is 56.7 Å². The molecule has 0 N–H and O–H groups in total. The smallest absolute Gasteiger partial charge is 0.313 e. The van der Waals surface area contributed by atoms with E-state index in [-0.39, 0.29) is 30.6 Å². The van der Waals surface area contributed by atoms with Crippen molar-refractivity contribution in [1.82, 2.24) is 24.6 Å². The highest BCUT2D eigenvalue weighted by atomic mass is 16.2. The Labute approximate surface area is 147 Å². The lowest BCUT2D eigenvalue weighted by molar-refractivity contribution is -0.128. The third kappa shape index (κ3) is 2.31. The van der Waals surface area contributed by atoms with Crippen molar-refractivity contribution < 1.29 is 9.59 Å². The molecule has 2 saturated heterocycles. The molecule has 1 aromatic rings. The van der Waals surface area contributed by atoms with Gasteiger partial charge in [0.25, 0.3) is 5.91 Å².